The van der Waals surface area contributed by atoms with Crippen molar-refractivity contribution in [3.63, 3.8) is 0 Å². The second kappa shape index (κ2) is 8.87. The zero-order valence-electron chi connectivity index (χ0n) is 16.8. The number of pyridine rings is 1. The molecule has 7 nitrogen and oxygen atoms in total. The maximum absolute atomic E-state index is 12.7. The van der Waals surface area contributed by atoms with Crippen LogP contribution in [0.4, 0.5) is 11.5 Å². The van der Waals surface area contributed by atoms with Gasteiger partial charge in [0, 0.05) is 36.5 Å². The molecule has 156 valence electrons. The number of nitrogens with zero attached hydrogens (tertiary/aromatic N) is 2. The molecule has 4 rings (SSSR count). The lowest BCUT2D eigenvalue weighted by Crippen LogP contribution is -2.43. The fourth-order valence-electron chi connectivity index (χ4n) is 3.68. The first-order valence-electron chi connectivity index (χ1n) is 10.1. The number of amides is 3. The van der Waals surface area contributed by atoms with E-state index < -0.39 is 5.25 Å². The van der Waals surface area contributed by atoms with Crippen molar-refractivity contribution in [2.75, 3.05) is 23.7 Å². The van der Waals surface area contributed by atoms with Crippen molar-refractivity contribution < 1.29 is 14.4 Å². The van der Waals surface area contributed by atoms with E-state index in [-0.39, 0.29) is 30.1 Å². The monoisotopic (exact) mass is 424 g/mol. The SMILES string of the molecule is Cc1ccc(NC(=O)C2CCN(C(=O)CC3Sc4ccccc4NC3=O)CC2)nc1. The number of hydrogen-bond donors (Lipinski definition) is 2. The number of aryl methyl sites for hydroxylation is 1. The summed E-state index contributed by atoms with van der Waals surface area (Å²) in [6.45, 7) is 2.99. The van der Waals surface area contributed by atoms with Crippen molar-refractivity contribution in [2.24, 2.45) is 5.92 Å². The molecule has 0 bridgehead atoms. The van der Waals surface area contributed by atoms with Crippen LogP contribution in [0.25, 0.3) is 0 Å². The van der Waals surface area contributed by atoms with Crippen LogP contribution in [0.5, 0.6) is 0 Å². The molecule has 1 aromatic heterocycles. The minimum Gasteiger partial charge on any atom is -0.343 e. The number of fused-ring (bicyclic) bond motifs is 1. The van der Waals surface area contributed by atoms with Gasteiger partial charge < -0.3 is 15.5 Å². The van der Waals surface area contributed by atoms with Gasteiger partial charge in [-0.2, -0.15) is 0 Å². The molecule has 1 unspecified atom stereocenters. The van der Waals surface area contributed by atoms with E-state index >= 15 is 0 Å². The summed E-state index contributed by atoms with van der Waals surface area (Å²) in [7, 11) is 0. The summed E-state index contributed by atoms with van der Waals surface area (Å²) in [5, 5.41) is 5.30. The molecule has 30 heavy (non-hydrogen) atoms. The van der Waals surface area contributed by atoms with Crippen molar-refractivity contribution in [1.82, 2.24) is 9.88 Å². The quantitative estimate of drug-likeness (QED) is 0.787. The number of aromatic nitrogens is 1. The minimum atomic E-state index is -0.430. The van der Waals surface area contributed by atoms with Crippen molar-refractivity contribution in [3.8, 4) is 0 Å². The molecule has 0 spiro atoms. The fourth-order valence-corrected chi connectivity index (χ4v) is 4.78. The summed E-state index contributed by atoms with van der Waals surface area (Å²) >= 11 is 1.43. The summed E-state index contributed by atoms with van der Waals surface area (Å²) in [4.78, 5) is 44.5. The smallest absolute Gasteiger partial charge is 0.238 e. The van der Waals surface area contributed by atoms with Crippen LogP contribution >= 0.6 is 11.8 Å². The molecule has 0 saturated carbocycles. The average molecular weight is 425 g/mol. The highest BCUT2D eigenvalue weighted by Crippen LogP contribution is 2.37. The second-order valence-corrected chi connectivity index (χ2v) is 8.91. The van der Waals surface area contributed by atoms with E-state index in [1.807, 2.05) is 37.3 Å². The lowest BCUT2D eigenvalue weighted by molar-refractivity contribution is -0.135. The summed E-state index contributed by atoms with van der Waals surface area (Å²) in [6, 6.07) is 11.3. The van der Waals surface area contributed by atoms with E-state index in [4.69, 9.17) is 0 Å². The van der Waals surface area contributed by atoms with Crippen LogP contribution in [0.15, 0.2) is 47.5 Å². The van der Waals surface area contributed by atoms with Gasteiger partial charge in [0.2, 0.25) is 17.7 Å². The highest BCUT2D eigenvalue weighted by molar-refractivity contribution is 8.01. The number of carbonyl (C=O) groups excluding carboxylic acids is 3. The molecule has 1 saturated heterocycles. The van der Waals surface area contributed by atoms with Crippen molar-refractivity contribution in [3.05, 3.63) is 48.2 Å². The highest BCUT2D eigenvalue weighted by atomic mass is 32.2. The molecule has 2 N–H and O–H groups in total. The van der Waals surface area contributed by atoms with Gasteiger partial charge in [-0.1, -0.05) is 18.2 Å². The number of para-hydroxylation sites is 1. The Morgan fingerprint density at radius 2 is 1.97 bits per heavy atom. The third kappa shape index (κ3) is 4.64. The van der Waals surface area contributed by atoms with Gasteiger partial charge in [0.25, 0.3) is 0 Å². The molecule has 1 fully saturated rings. The molecule has 2 aliphatic rings. The first-order valence-corrected chi connectivity index (χ1v) is 11.0. The lowest BCUT2D eigenvalue weighted by atomic mass is 9.95. The van der Waals surface area contributed by atoms with Crippen LogP contribution in [-0.4, -0.2) is 45.9 Å². The normalized spacial score (nSPS) is 19.0. The highest BCUT2D eigenvalue weighted by Gasteiger charge is 2.32. The topological polar surface area (TPSA) is 91.4 Å². The van der Waals surface area contributed by atoms with Gasteiger partial charge in [-0.25, -0.2) is 4.98 Å². The predicted octanol–water partition coefficient (Wildman–Crippen LogP) is 3.07. The lowest BCUT2D eigenvalue weighted by Gasteiger charge is -2.32. The number of likely N-dealkylation sites (tertiary alicyclic amines) is 1. The van der Waals surface area contributed by atoms with Crippen LogP contribution in [0.1, 0.15) is 24.8 Å². The van der Waals surface area contributed by atoms with Crippen LogP contribution in [0.2, 0.25) is 0 Å². The number of hydrogen-bond acceptors (Lipinski definition) is 5. The Kier molecular flexibility index (Phi) is 6.03. The molecular weight excluding hydrogens is 400 g/mol. The van der Waals surface area contributed by atoms with E-state index in [1.54, 1.807) is 17.2 Å². The molecule has 3 heterocycles. The summed E-state index contributed by atoms with van der Waals surface area (Å²) in [5.41, 5.74) is 1.83. The minimum absolute atomic E-state index is 0.0407. The van der Waals surface area contributed by atoms with Crippen LogP contribution in [-0.2, 0) is 14.4 Å². The zero-order chi connectivity index (χ0) is 21.1. The standard InChI is InChI=1S/C22H24N4O3S/c1-14-6-7-19(23-13-14)25-21(28)15-8-10-26(11-9-15)20(27)12-18-22(29)24-16-4-2-3-5-17(16)30-18/h2-7,13,15,18H,8-12H2,1H3,(H,24,29)(H,23,25,28). The number of thioether (sulfide) groups is 1. The number of anilines is 2. The number of nitrogens with one attached hydrogen (secondary N) is 2. The number of piperidine rings is 1. The Bertz CT molecular complexity index is 955. The molecule has 2 aromatic rings. The van der Waals surface area contributed by atoms with E-state index in [2.05, 4.69) is 15.6 Å². The molecule has 0 radical (unpaired) electrons. The Morgan fingerprint density at radius 1 is 1.20 bits per heavy atom. The molecule has 1 aromatic carbocycles. The van der Waals surface area contributed by atoms with Gasteiger partial charge in [0.15, 0.2) is 0 Å². The maximum Gasteiger partial charge on any atom is 0.238 e. The average Bonchev–Trinajstić information content (AvgIpc) is 2.76. The largest absolute Gasteiger partial charge is 0.343 e. The van der Waals surface area contributed by atoms with E-state index in [0.29, 0.717) is 31.7 Å². The summed E-state index contributed by atoms with van der Waals surface area (Å²) in [6.07, 6.45) is 3.09. The number of rotatable bonds is 4. The zero-order valence-corrected chi connectivity index (χ0v) is 17.6. The number of carbonyl (C=O) groups is 3. The van der Waals surface area contributed by atoms with Gasteiger partial charge in [-0.15, -0.1) is 11.8 Å². The van der Waals surface area contributed by atoms with Crippen molar-refractivity contribution in [1.29, 1.82) is 0 Å². The van der Waals surface area contributed by atoms with Gasteiger partial charge in [-0.3, -0.25) is 14.4 Å². The van der Waals surface area contributed by atoms with Crippen LogP contribution < -0.4 is 10.6 Å². The van der Waals surface area contributed by atoms with Crippen molar-refractivity contribution >= 4 is 41.0 Å². The second-order valence-electron chi connectivity index (χ2n) is 7.66. The third-order valence-electron chi connectivity index (χ3n) is 5.45. The molecule has 1 atom stereocenters. The van der Waals surface area contributed by atoms with Gasteiger partial charge in [0.05, 0.1) is 10.9 Å². The maximum atomic E-state index is 12.7. The first kappa shape index (κ1) is 20.4. The predicted molar refractivity (Wildman–Crippen MR) is 116 cm³/mol. The van der Waals surface area contributed by atoms with Crippen molar-refractivity contribution in [2.45, 2.75) is 36.3 Å². The summed E-state index contributed by atoms with van der Waals surface area (Å²) < 4.78 is 0. The van der Waals surface area contributed by atoms with E-state index in [1.165, 1.54) is 11.8 Å². The van der Waals surface area contributed by atoms with Crippen LogP contribution in [0.3, 0.4) is 0 Å². The van der Waals surface area contributed by atoms with E-state index in [9.17, 15) is 14.4 Å². The Labute approximate surface area is 179 Å². The first-order chi connectivity index (χ1) is 14.5. The molecule has 0 aliphatic carbocycles. The van der Waals surface area contributed by atoms with Gasteiger partial charge in [-0.05, 0) is 43.5 Å². The van der Waals surface area contributed by atoms with E-state index in [0.717, 1.165) is 16.1 Å². The number of benzene rings is 1. The Balaban J connectivity index is 1.27. The molecule has 2 aliphatic heterocycles. The molecule has 3 amide bonds. The summed E-state index contributed by atoms with van der Waals surface area (Å²) in [5.74, 6) is 0.173. The Hall–Kier alpha value is -2.87. The fraction of sp³-hybridized carbons (Fsp3) is 0.364. The molecule has 8 heteroatoms. The van der Waals surface area contributed by atoms with Gasteiger partial charge >= 0.3 is 0 Å². The Morgan fingerprint density at radius 3 is 2.70 bits per heavy atom. The van der Waals surface area contributed by atoms with Gasteiger partial charge in [0.1, 0.15) is 5.82 Å². The van der Waals surface area contributed by atoms with Crippen LogP contribution in [0, 0.1) is 12.8 Å². The third-order valence-corrected chi connectivity index (χ3v) is 6.72. The molecular formula is C22H24N4O3S.